The Bertz CT molecular complexity index is 1150. The first-order valence-electron chi connectivity index (χ1n) is 9.09. The molecule has 3 aromatic rings. The molecule has 0 N–H and O–H groups in total. The predicted octanol–water partition coefficient (Wildman–Crippen LogP) is 5.11. The van der Waals surface area contributed by atoms with Gasteiger partial charge in [0, 0.05) is 38.7 Å². The fourth-order valence-corrected chi connectivity index (χ4v) is 3.52. The van der Waals surface area contributed by atoms with Crippen LogP contribution in [0.3, 0.4) is 0 Å². The van der Waals surface area contributed by atoms with Gasteiger partial charge in [-0.25, -0.2) is 4.79 Å². The minimum Gasteiger partial charge on any atom is -0.454 e. The number of nitrogens with zero attached hydrogens (tertiary/aromatic N) is 2. The van der Waals surface area contributed by atoms with Crippen LogP contribution in [0, 0.1) is 30.9 Å². The summed E-state index contributed by atoms with van der Waals surface area (Å²) in [7, 11) is 0. The van der Waals surface area contributed by atoms with Crippen LogP contribution in [0.1, 0.15) is 37.7 Å². The second-order valence-electron chi connectivity index (χ2n) is 6.85. The normalized spacial score (nSPS) is 10.7. The molecule has 0 bridgehead atoms. The first kappa shape index (κ1) is 21.4. The summed E-state index contributed by atoms with van der Waals surface area (Å²) in [5.41, 5.74) is 3.28. The summed E-state index contributed by atoms with van der Waals surface area (Å²) in [6.45, 7) is 4.85. The van der Waals surface area contributed by atoms with Gasteiger partial charge in [0.1, 0.15) is 0 Å². The van der Waals surface area contributed by atoms with Gasteiger partial charge in [-0.3, -0.25) is 14.9 Å². The van der Waals surface area contributed by atoms with Gasteiger partial charge in [-0.15, -0.1) is 0 Å². The number of hydrogen-bond acceptors (Lipinski definition) is 5. The minimum absolute atomic E-state index is 0.0282. The highest BCUT2D eigenvalue weighted by atomic mass is 79.9. The van der Waals surface area contributed by atoms with E-state index in [9.17, 15) is 19.7 Å². The number of hydrogen-bond donors (Lipinski definition) is 0. The Balaban J connectivity index is 1.76. The Morgan fingerprint density at radius 1 is 1.07 bits per heavy atom. The smallest absolute Gasteiger partial charge is 0.338 e. The monoisotopic (exact) mass is 470 g/mol. The zero-order valence-corrected chi connectivity index (χ0v) is 18.2. The Kier molecular flexibility index (Phi) is 6.17. The van der Waals surface area contributed by atoms with Gasteiger partial charge in [0.25, 0.3) is 5.69 Å². The van der Waals surface area contributed by atoms with Crippen molar-refractivity contribution in [2.45, 2.75) is 20.8 Å². The van der Waals surface area contributed by atoms with E-state index in [2.05, 4.69) is 15.9 Å². The summed E-state index contributed by atoms with van der Waals surface area (Å²) in [6.07, 6.45) is 0. The SMILES string of the molecule is Cc1ccc(C(=O)OCC(=O)c2cc(C)n(-c3ccc(Br)cc3)c2C)cc1[N+](=O)[O-]. The highest BCUT2D eigenvalue weighted by molar-refractivity contribution is 9.10. The molecule has 7 nitrogen and oxygen atoms in total. The number of ether oxygens (including phenoxy) is 1. The van der Waals surface area contributed by atoms with Crippen molar-refractivity contribution in [3.8, 4) is 5.69 Å². The zero-order valence-electron chi connectivity index (χ0n) is 16.6. The molecule has 0 aliphatic carbocycles. The van der Waals surface area contributed by atoms with Crippen LogP contribution >= 0.6 is 15.9 Å². The topological polar surface area (TPSA) is 91.4 Å². The van der Waals surface area contributed by atoms with Crippen LogP contribution < -0.4 is 0 Å². The van der Waals surface area contributed by atoms with Crippen LogP contribution in [0.15, 0.2) is 53.0 Å². The zero-order chi connectivity index (χ0) is 22.0. The van der Waals surface area contributed by atoms with E-state index in [1.807, 2.05) is 42.7 Å². The van der Waals surface area contributed by atoms with Crippen LogP contribution in [0.4, 0.5) is 5.69 Å². The summed E-state index contributed by atoms with van der Waals surface area (Å²) in [5, 5.41) is 11.0. The van der Waals surface area contributed by atoms with Crippen molar-refractivity contribution in [3.63, 3.8) is 0 Å². The maximum Gasteiger partial charge on any atom is 0.338 e. The highest BCUT2D eigenvalue weighted by Gasteiger charge is 2.20. The lowest BCUT2D eigenvalue weighted by Crippen LogP contribution is -2.15. The van der Waals surface area contributed by atoms with Crippen molar-refractivity contribution in [3.05, 3.63) is 91.2 Å². The number of rotatable bonds is 6. The maximum absolute atomic E-state index is 12.7. The molecule has 30 heavy (non-hydrogen) atoms. The molecule has 154 valence electrons. The van der Waals surface area contributed by atoms with Gasteiger partial charge >= 0.3 is 5.97 Å². The van der Waals surface area contributed by atoms with Crippen molar-refractivity contribution in [1.29, 1.82) is 0 Å². The average Bonchev–Trinajstić information content (AvgIpc) is 3.01. The van der Waals surface area contributed by atoms with Crippen molar-refractivity contribution in [2.75, 3.05) is 6.61 Å². The van der Waals surface area contributed by atoms with E-state index in [4.69, 9.17) is 4.74 Å². The second kappa shape index (κ2) is 8.62. The van der Waals surface area contributed by atoms with Gasteiger partial charge in [-0.2, -0.15) is 0 Å². The molecular weight excluding hydrogens is 452 g/mol. The van der Waals surface area contributed by atoms with Crippen LogP contribution in [-0.4, -0.2) is 27.8 Å². The molecule has 0 spiro atoms. The van der Waals surface area contributed by atoms with Crippen molar-refractivity contribution >= 4 is 33.4 Å². The lowest BCUT2D eigenvalue weighted by Gasteiger charge is -2.10. The largest absolute Gasteiger partial charge is 0.454 e. The lowest BCUT2D eigenvalue weighted by molar-refractivity contribution is -0.385. The maximum atomic E-state index is 12.7. The molecule has 0 amide bonds. The quantitative estimate of drug-likeness (QED) is 0.216. The number of esters is 1. The minimum atomic E-state index is -0.784. The molecule has 0 atom stereocenters. The number of nitro groups is 1. The Morgan fingerprint density at radius 2 is 1.73 bits per heavy atom. The van der Waals surface area contributed by atoms with E-state index in [0.717, 1.165) is 27.6 Å². The molecule has 0 fully saturated rings. The van der Waals surface area contributed by atoms with Gasteiger partial charge in [0.15, 0.2) is 6.61 Å². The first-order chi connectivity index (χ1) is 14.2. The number of carbonyl (C=O) groups is 2. The number of aryl methyl sites for hydroxylation is 2. The molecule has 0 unspecified atom stereocenters. The third kappa shape index (κ3) is 4.33. The van der Waals surface area contributed by atoms with Crippen molar-refractivity contribution < 1.29 is 19.2 Å². The third-order valence-electron chi connectivity index (χ3n) is 4.79. The van der Waals surface area contributed by atoms with Crippen molar-refractivity contribution in [1.82, 2.24) is 4.57 Å². The Hall–Kier alpha value is -3.26. The van der Waals surface area contributed by atoms with Crippen LogP contribution in [0.5, 0.6) is 0 Å². The predicted molar refractivity (Wildman–Crippen MR) is 115 cm³/mol. The van der Waals surface area contributed by atoms with Crippen molar-refractivity contribution in [2.24, 2.45) is 0 Å². The average molecular weight is 471 g/mol. The van der Waals surface area contributed by atoms with E-state index in [-0.39, 0.29) is 17.0 Å². The molecule has 1 aromatic heterocycles. The van der Waals surface area contributed by atoms with E-state index in [0.29, 0.717) is 11.1 Å². The summed E-state index contributed by atoms with van der Waals surface area (Å²) in [5.74, 6) is -1.13. The molecule has 2 aromatic carbocycles. The summed E-state index contributed by atoms with van der Waals surface area (Å²) < 4.78 is 8.02. The summed E-state index contributed by atoms with van der Waals surface area (Å²) in [6, 6.07) is 13.5. The molecule has 0 aliphatic heterocycles. The number of benzene rings is 2. The third-order valence-corrected chi connectivity index (χ3v) is 5.32. The number of Topliss-reactive ketones (excluding diaryl/α,β-unsaturated/α-hetero) is 1. The number of aromatic nitrogens is 1. The Morgan fingerprint density at radius 3 is 2.37 bits per heavy atom. The van der Waals surface area contributed by atoms with Gasteiger partial charge < -0.3 is 9.30 Å². The number of halogens is 1. The molecule has 0 saturated heterocycles. The molecule has 8 heteroatoms. The molecule has 0 radical (unpaired) electrons. The van der Waals surface area contributed by atoms with Crippen LogP contribution in [0.25, 0.3) is 5.69 Å². The lowest BCUT2D eigenvalue weighted by atomic mass is 10.1. The molecule has 0 aliphatic rings. The summed E-state index contributed by atoms with van der Waals surface area (Å²) in [4.78, 5) is 35.4. The molecule has 1 heterocycles. The molecule has 3 rings (SSSR count). The highest BCUT2D eigenvalue weighted by Crippen LogP contribution is 2.23. The fourth-order valence-electron chi connectivity index (χ4n) is 3.26. The van der Waals surface area contributed by atoms with E-state index >= 15 is 0 Å². The van der Waals surface area contributed by atoms with E-state index in [1.54, 1.807) is 13.0 Å². The van der Waals surface area contributed by atoms with Crippen LogP contribution in [0.2, 0.25) is 0 Å². The van der Waals surface area contributed by atoms with E-state index < -0.39 is 17.5 Å². The number of ketones is 1. The fraction of sp³-hybridized carbons (Fsp3) is 0.182. The standard InChI is InChI=1S/C22H19BrN2O5/c1-13-4-5-16(11-20(13)25(28)29)22(27)30-12-21(26)19-10-14(2)24(15(19)3)18-8-6-17(23)7-9-18/h4-11H,12H2,1-3H3. The van der Waals surface area contributed by atoms with Crippen LogP contribution in [-0.2, 0) is 4.74 Å². The van der Waals surface area contributed by atoms with Gasteiger partial charge in [-0.1, -0.05) is 22.0 Å². The van der Waals surface area contributed by atoms with Gasteiger partial charge in [0.2, 0.25) is 5.78 Å². The number of nitro benzene ring substituents is 1. The van der Waals surface area contributed by atoms with E-state index in [1.165, 1.54) is 12.1 Å². The molecular formula is C22H19BrN2O5. The summed E-state index contributed by atoms with van der Waals surface area (Å²) >= 11 is 3.40. The van der Waals surface area contributed by atoms with Gasteiger partial charge in [0.05, 0.1) is 10.5 Å². The second-order valence-corrected chi connectivity index (χ2v) is 7.77. The van der Waals surface area contributed by atoms with Gasteiger partial charge in [-0.05, 0) is 57.2 Å². The molecule has 0 saturated carbocycles. The first-order valence-corrected chi connectivity index (χ1v) is 9.88. The number of carbonyl (C=O) groups excluding carboxylic acids is 2. The Labute approximate surface area is 181 Å².